The monoisotopic (exact) mass is 471 g/mol. The van der Waals surface area contributed by atoms with Gasteiger partial charge in [-0.25, -0.2) is 0 Å². The fourth-order valence-electron chi connectivity index (χ4n) is 5.67. The Morgan fingerprint density at radius 3 is 2.09 bits per heavy atom. The number of aliphatic carboxylic acids is 1. The van der Waals surface area contributed by atoms with Gasteiger partial charge in [0.25, 0.3) is 0 Å². The van der Waals surface area contributed by atoms with Gasteiger partial charge in [-0.2, -0.15) is 0 Å². The van der Waals surface area contributed by atoms with Gasteiger partial charge in [0, 0.05) is 13.0 Å². The van der Waals surface area contributed by atoms with Gasteiger partial charge < -0.3 is 14.7 Å². The Balaban J connectivity index is 1.73. The molecule has 188 valence electrons. The molecule has 1 atom stereocenters. The summed E-state index contributed by atoms with van der Waals surface area (Å²) >= 11 is 0. The Bertz CT molecular complexity index is 794. The molecule has 0 heterocycles. The van der Waals surface area contributed by atoms with Crippen LogP contribution in [0.2, 0.25) is 0 Å². The zero-order chi connectivity index (χ0) is 24.3. The number of ether oxygens (including phenoxy) is 1. The highest BCUT2D eigenvalue weighted by atomic mass is 16.5. The fourth-order valence-corrected chi connectivity index (χ4v) is 5.67. The van der Waals surface area contributed by atoms with Gasteiger partial charge in [0.15, 0.2) is 0 Å². The molecule has 34 heavy (non-hydrogen) atoms. The van der Waals surface area contributed by atoms with Gasteiger partial charge in [-0.15, -0.1) is 0 Å². The maximum atomic E-state index is 13.7. The normalized spacial score (nSPS) is 18.3. The summed E-state index contributed by atoms with van der Waals surface area (Å²) in [5.74, 6) is -0.458. The predicted molar refractivity (Wildman–Crippen MR) is 132 cm³/mol. The number of carbonyl (C=O) groups excluding carboxylic acids is 2. The molecule has 6 nitrogen and oxygen atoms in total. The van der Waals surface area contributed by atoms with Gasteiger partial charge >= 0.3 is 5.97 Å². The van der Waals surface area contributed by atoms with E-state index in [0.29, 0.717) is 30.4 Å². The van der Waals surface area contributed by atoms with Crippen LogP contribution in [0, 0.1) is 17.8 Å². The summed E-state index contributed by atoms with van der Waals surface area (Å²) in [4.78, 5) is 40.1. The lowest BCUT2D eigenvalue weighted by atomic mass is 9.79. The maximum Gasteiger partial charge on any atom is 0.323 e. The van der Waals surface area contributed by atoms with Crippen LogP contribution in [0.5, 0.6) is 5.75 Å². The van der Waals surface area contributed by atoms with E-state index in [0.717, 1.165) is 37.7 Å². The standard InChI is InChI=1S/C28H41NO5/c1-34-24-15-12-23(13-16-24)19-29(20-27(31)32)28(33)25(18-22-10-6-3-7-11-22)26(30)17-14-21-8-4-2-5-9-21/h12-13,15-16,21-22,25H,2-11,14,17-20H2,1H3,(H,31,32). The molecule has 0 bridgehead atoms. The molecule has 1 aromatic carbocycles. The van der Waals surface area contributed by atoms with Crippen LogP contribution in [0.25, 0.3) is 0 Å². The highest BCUT2D eigenvalue weighted by molar-refractivity contribution is 6.02. The maximum absolute atomic E-state index is 13.7. The second kappa shape index (κ2) is 13.5. The quantitative estimate of drug-likeness (QED) is 0.400. The summed E-state index contributed by atoms with van der Waals surface area (Å²) in [6.45, 7) is -0.228. The predicted octanol–water partition coefficient (Wildman–Crippen LogP) is 5.62. The van der Waals surface area contributed by atoms with E-state index in [2.05, 4.69) is 0 Å². The topological polar surface area (TPSA) is 83.9 Å². The minimum Gasteiger partial charge on any atom is -0.497 e. The first-order valence-electron chi connectivity index (χ1n) is 13.1. The minimum absolute atomic E-state index is 0.00580. The molecule has 1 amide bonds. The molecule has 6 heteroatoms. The van der Waals surface area contributed by atoms with Crippen LogP contribution in [0.3, 0.4) is 0 Å². The van der Waals surface area contributed by atoms with Crippen LogP contribution in [-0.2, 0) is 20.9 Å². The first-order valence-corrected chi connectivity index (χ1v) is 13.1. The first-order chi connectivity index (χ1) is 16.5. The van der Waals surface area contributed by atoms with E-state index in [-0.39, 0.29) is 18.2 Å². The van der Waals surface area contributed by atoms with E-state index in [4.69, 9.17) is 4.74 Å². The highest BCUT2D eigenvalue weighted by Gasteiger charge is 2.34. The van der Waals surface area contributed by atoms with Gasteiger partial charge in [-0.05, 0) is 42.4 Å². The highest BCUT2D eigenvalue weighted by Crippen LogP contribution is 2.32. The van der Waals surface area contributed by atoms with Gasteiger partial charge in [0.05, 0.1) is 13.0 Å². The largest absolute Gasteiger partial charge is 0.497 e. The molecule has 2 saturated carbocycles. The third kappa shape index (κ3) is 8.14. The zero-order valence-electron chi connectivity index (χ0n) is 20.7. The minimum atomic E-state index is -1.06. The summed E-state index contributed by atoms with van der Waals surface area (Å²) in [6, 6.07) is 7.27. The van der Waals surface area contributed by atoms with Crippen LogP contribution >= 0.6 is 0 Å². The molecular weight excluding hydrogens is 430 g/mol. The van der Waals surface area contributed by atoms with E-state index in [9.17, 15) is 19.5 Å². The number of rotatable bonds is 12. The average molecular weight is 472 g/mol. The van der Waals surface area contributed by atoms with Crippen molar-refractivity contribution >= 4 is 17.7 Å². The number of ketones is 1. The number of benzene rings is 1. The fraction of sp³-hybridized carbons (Fsp3) is 0.679. The number of Topliss-reactive ketones (excluding diaryl/α,β-unsaturated/α-hetero) is 1. The van der Waals surface area contributed by atoms with Crippen LogP contribution in [0.4, 0.5) is 0 Å². The molecular formula is C28H41NO5. The lowest BCUT2D eigenvalue weighted by molar-refractivity contribution is -0.150. The summed E-state index contributed by atoms with van der Waals surface area (Å²) < 4.78 is 5.20. The number of nitrogens with zero attached hydrogens (tertiary/aromatic N) is 1. The molecule has 1 unspecified atom stereocenters. The van der Waals surface area contributed by atoms with Crippen molar-refractivity contribution < 1.29 is 24.2 Å². The van der Waals surface area contributed by atoms with Crippen molar-refractivity contribution in [2.24, 2.45) is 17.8 Å². The van der Waals surface area contributed by atoms with Crippen molar-refractivity contribution in [3.63, 3.8) is 0 Å². The smallest absolute Gasteiger partial charge is 0.323 e. The van der Waals surface area contributed by atoms with E-state index < -0.39 is 18.4 Å². The van der Waals surface area contributed by atoms with Crippen LogP contribution < -0.4 is 4.74 Å². The molecule has 0 aromatic heterocycles. The SMILES string of the molecule is COc1ccc(CN(CC(=O)O)C(=O)C(CC2CCCCC2)C(=O)CCC2CCCCC2)cc1. The van der Waals surface area contributed by atoms with Crippen molar-refractivity contribution in [1.29, 1.82) is 0 Å². The number of carboxylic acids is 1. The summed E-state index contributed by atoms with van der Waals surface area (Å²) in [7, 11) is 1.59. The number of hydrogen-bond acceptors (Lipinski definition) is 4. The van der Waals surface area contributed by atoms with Crippen molar-refractivity contribution in [2.75, 3.05) is 13.7 Å². The molecule has 2 aliphatic carbocycles. The molecule has 1 aromatic rings. The van der Waals surface area contributed by atoms with Crippen molar-refractivity contribution in [1.82, 2.24) is 4.90 Å². The second-order valence-electron chi connectivity index (χ2n) is 10.2. The van der Waals surface area contributed by atoms with Crippen LogP contribution in [0.1, 0.15) is 89.0 Å². The molecule has 0 radical (unpaired) electrons. The average Bonchev–Trinajstić information content (AvgIpc) is 2.86. The third-order valence-electron chi connectivity index (χ3n) is 7.67. The molecule has 1 N–H and O–H groups in total. The number of amides is 1. The first kappa shape index (κ1) is 26.2. The van der Waals surface area contributed by atoms with Crippen LogP contribution in [0.15, 0.2) is 24.3 Å². The summed E-state index contributed by atoms with van der Waals surface area (Å²) in [5.41, 5.74) is 0.821. The van der Waals surface area contributed by atoms with E-state index in [1.165, 1.54) is 43.4 Å². The van der Waals surface area contributed by atoms with E-state index in [1.807, 2.05) is 12.1 Å². The number of hydrogen-bond donors (Lipinski definition) is 1. The Morgan fingerprint density at radius 2 is 1.53 bits per heavy atom. The van der Waals surface area contributed by atoms with Crippen molar-refractivity contribution in [3.05, 3.63) is 29.8 Å². The van der Waals surface area contributed by atoms with Crippen LogP contribution in [-0.4, -0.2) is 41.3 Å². The lowest BCUT2D eigenvalue weighted by Gasteiger charge is -2.30. The summed E-state index contributed by atoms with van der Waals surface area (Å²) in [6.07, 6.45) is 13.6. The Hall–Kier alpha value is -2.37. The molecule has 3 rings (SSSR count). The van der Waals surface area contributed by atoms with Gasteiger partial charge in [0.2, 0.25) is 5.91 Å². The van der Waals surface area contributed by atoms with Gasteiger partial charge in [-0.1, -0.05) is 76.3 Å². The second-order valence-corrected chi connectivity index (χ2v) is 10.2. The van der Waals surface area contributed by atoms with Crippen molar-refractivity contribution in [3.8, 4) is 5.75 Å². The van der Waals surface area contributed by atoms with E-state index in [1.54, 1.807) is 19.2 Å². The molecule has 0 aliphatic heterocycles. The van der Waals surface area contributed by atoms with Crippen molar-refractivity contribution in [2.45, 2.75) is 90.0 Å². The molecule has 2 aliphatic rings. The molecule has 0 saturated heterocycles. The number of carbonyl (C=O) groups is 3. The Labute approximate surface area is 204 Å². The van der Waals surface area contributed by atoms with Gasteiger partial charge in [-0.3, -0.25) is 14.4 Å². The third-order valence-corrected chi connectivity index (χ3v) is 7.67. The molecule has 2 fully saturated rings. The summed E-state index contributed by atoms with van der Waals surface area (Å²) in [5, 5.41) is 9.51. The lowest BCUT2D eigenvalue weighted by Crippen LogP contribution is -2.42. The zero-order valence-corrected chi connectivity index (χ0v) is 20.7. The number of methoxy groups -OCH3 is 1. The Kier molecular flexibility index (Phi) is 10.4. The number of carboxylic acid groups (broad SMARTS) is 1. The van der Waals surface area contributed by atoms with E-state index >= 15 is 0 Å². The van der Waals surface area contributed by atoms with Gasteiger partial charge in [0.1, 0.15) is 18.1 Å². The Morgan fingerprint density at radius 1 is 0.941 bits per heavy atom. The molecule has 0 spiro atoms.